The summed E-state index contributed by atoms with van der Waals surface area (Å²) in [6.45, 7) is 1.55. The molecule has 0 bridgehead atoms. The quantitative estimate of drug-likeness (QED) is 0.695. The van der Waals surface area contributed by atoms with E-state index in [0.29, 0.717) is 5.56 Å². The number of nitriles is 1. The number of H-pyrrole nitrogens is 2. The molecule has 2 rings (SSSR count). The lowest BCUT2D eigenvalue weighted by molar-refractivity contribution is -0.377. The third-order valence-corrected chi connectivity index (χ3v) is 1.92. The van der Waals surface area contributed by atoms with Crippen LogP contribution in [0.2, 0.25) is 0 Å². The molecular formula is C12H11N3O2. The van der Waals surface area contributed by atoms with Gasteiger partial charge in [0.2, 0.25) is 5.56 Å². The van der Waals surface area contributed by atoms with Gasteiger partial charge in [-0.25, -0.2) is 4.98 Å². The van der Waals surface area contributed by atoms with E-state index in [9.17, 15) is 9.90 Å². The van der Waals surface area contributed by atoms with Gasteiger partial charge in [0.25, 0.3) is 0 Å². The first kappa shape index (κ1) is 12.5. The number of hydrogen-bond acceptors (Lipinski definition) is 3. The Labute approximate surface area is 98.0 Å². The van der Waals surface area contributed by atoms with Crippen LogP contribution in [-0.2, 0) is 0 Å². The first-order valence-electron chi connectivity index (χ1n) is 4.87. The molecule has 0 aromatic carbocycles. The van der Waals surface area contributed by atoms with Crippen molar-refractivity contribution in [2.45, 2.75) is 6.92 Å². The molecule has 5 nitrogen and oxygen atoms in total. The monoisotopic (exact) mass is 229 g/mol. The number of nitrogens with one attached hydrogen (secondary N) is 2. The lowest BCUT2D eigenvalue weighted by Crippen LogP contribution is -2.11. The van der Waals surface area contributed by atoms with Crippen LogP contribution in [0.25, 0.3) is 0 Å². The largest absolute Gasteiger partial charge is 0.859 e. The summed E-state index contributed by atoms with van der Waals surface area (Å²) in [5.41, 5.74) is -0.0441. The average molecular weight is 229 g/mol. The number of aryl methyl sites for hydroxylation is 1. The van der Waals surface area contributed by atoms with Gasteiger partial charge in [-0.3, -0.25) is 4.79 Å². The average Bonchev–Trinajstić information content (AvgIpc) is 2.31. The smallest absolute Gasteiger partial charge is 0.247 e. The molecule has 0 saturated heterocycles. The lowest BCUT2D eigenvalue weighted by Gasteiger charge is -2.07. The van der Waals surface area contributed by atoms with Gasteiger partial charge in [0.1, 0.15) is 6.07 Å². The number of rotatable bonds is 0. The summed E-state index contributed by atoms with van der Waals surface area (Å²) in [5, 5.41) is 19.2. The van der Waals surface area contributed by atoms with Crippen molar-refractivity contribution in [2.75, 3.05) is 0 Å². The molecule has 2 aromatic rings. The molecule has 0 amide bonds. The van der Waals surface area contributed by atoms with E-state index in [2.05, 4.69) is 4.98 Å². The van der Waals surface area contributed by atoms with Crippen LogP contribution < -0.4 is 15.6 Å². The van der Waals surface area contributed by atoms with Crippen molar-refractivity contribution < 1.29 is 10.1 Å². The molecule has 0 saturated carbocycles. The summed E-state index contributed by atoms with van der Waals surface area (Å²) in [4.78, 5) is 15.5. The Balaban J connectivity index is 0.000000202. The maximum Gasteiger partial charge on any atom is 0.247 e. The second-order valence-electron chi connectivity index (χ2n) is 3.21. The molecule has 17 heavy (non-hydrogen) atoms. The van der Waals surface area contributed by atoms with Crippen LogP contribution in [0.5, 0.6) is 5.88 Å². The van der Waals surface area contributed by atoms with E-state index in [1.54, 1.807) is 13.0 Å². The van der Waals surface area contributed by atoms with Crippen LogP contribution in [0, 0.1) is 18.3 Å². The molecule has 0 fully saturated rings. The summed E-state index contributed by atoms with van der Waals surface area (Å²) < 4.78 is 0. The topological polar surface area (TPSA) is 93.9 Å². The molecule has 0 aliphatic rings. The fourth-order valence-electron chi connectivity index (χ4n) is 1.14. The SMILES string of the molecule is Cc1cc(=O)[nH]c([O-])c1C#N.c1cc[nH+]cc1. The van der Waals surface area contributed by atoms with E-state index in [4.69, 9.17) is 5.26 Å². The first-order valence-corrected chi connectivity index (χ1v) is 4.87. The summed E-state index contributed by atoms with van der Waals surface area (Å²) in [6.07, 6.45) is 3.75. The fraction of sp³-hybridized carbons (Fsp3) is 0.0833. The van der Waals surface area contributed by atoms with E-state index in [-0.39, 0.29) is 5.56 Å². The molecule has 2 N–H and O–H groups in total. The lowest BCUT2D eigenvalue weighted by atomic mass is 10.2. The van der Waals surface area contributed by atoms with E-state index in [1.807, 2.05) is 35.6 Å². The second kappa shape index (κ2) is 6.08. The van der Waals surface area contributed by atoms with E-state index in [0.717, 1.165) is 0 Å². The molecule has 0 atom stereocenters. The third kappa shape index (κ3) is 3.80. The van der Waals surface area contributed by atoms with Gasteiger partial charge in [-0.05, 0) is 18.4 Å². The van der Waals surface area contributed by atoms with Crippen LogP contribution in [-0.4, -0.2) is 4.98 Å². The Morgan fingerprint density at radius 3 is 2.35 bits per heavy atom. The van der Waals surface area contributed by atoms with E-state index < -0.39 is 11.4 Å². The highest BCUT2D eigenvalue weighted by atomic mass is 16.3. The highest BCUT2D eigenvalue weighted by Crippen LogP contribution is 2.09. The predicted octanol–water partition coefficient (Wildman–Crippen LogP) is 0.129. The molecule has 2 heterocycles. The van der Waals surface area contributed by atoms with Crippen molar-refractivity contribution in [2.24, 2.45) is 0 Å². The zero-order valence-electron chi connectivity index (χ0n) is 9.23. The van der Waals surface area contributed by atoms with Crippen molar-refractivity contribution in [1.82, 2.24) is 4.98 Å². The second-order valence-corrected chi connectivity index (χ2v) is 3.21. The Morgan fingerprint density at radius 2 is 2.00 bits per heavy atom. The van der Waals surface area contributed by atoms with Crippen LogP contribution >= 0.6 is 0 Å². The van der Waals surface area contributed by atoms with Crippen molar-refractivity contribution >= 4 is 0 Å². The molecule has 0 unspecified atom stereocenters. The molecule has 0 spiro atoms. The Morgan fingerprint density at radius 1 is 1.35 bits per heavy atom. The first-order chi connectivity index (χ1) is 8.15. The molecule has 86 valence electrons. The number of aromatic nitrogens is 2. The standard InChI is InChI=1S/C7H6N2O2.C5H5N/c1-4-2-6(10)9-7(11)5(4)3-8;1-2-4-6-5-3-1/h2H,1H3,(H2,9,10,11);1-5H. The zero-order valence-corrected chi connectivity index (χ0v) is 9.23. The van der Waals surface area contributed by atoms with Gasteiger partial charge in [0, 0.05) is 18.2 Å². The van der Waals surface area contributed by atoms with Gasteiger partial charge >= 0.3 is 0 Å². The summed E-state index contributed by atoms with van der Waals surface area (Å²) in [6, 6.07) is 8.79. The van der Waals surface area contributed by atoms with Crippen molar-refractivity contribution in [3.8, 4) is 11.9 Å². The summed E-state index contributed by atoms with van der Waals surface area (Å²) >= 11 is 0. The number of aromatic amines is 2. The predicted molar refractivity (Wildman–Crippen MR) is 59.0 cm³/mol. The highest BCUT2D eigenvalue weighted by Gasteiger charge is 1.97. The van der Waals surface area contributed by atoms with Gasteiger partial charge in [-0.15, -0.1) is 0 Å². The van der Waals surface area contributed by atoms with Gasteiger partial charge in [-0.2, -0.15) is 5.26 Å². The number of hydrogen-bond donors (Lipinski definition) is 1. The number of nitrogens with zero attached hydrogens (tertiary/aromatic N) is 1. The maximum atomic E-state index is 10.8. The maximum absolute atomic E-state index is 10.8. The minimum absolute atomic E-state index is 0.00426. The van der Waals surface area contributed by atoms with Gasteiger partial charge in [-0.1, -0.05) is 6.07 Å². The van der Waals surface area contributed by atoms with Crippen molar-refractivity contribution in [1.29, 1.82) is 5.26 Å². The molecule has 0 aliphatic carbocycles. The highest BCUT2D eigenvalue weighted by molar-refractivity contribution is 5.41. The Kier molecular flexibility index (Phi) is 4.45. The van der Waals surface area contributed by atoms with Crippen molar-refractivity contribution in [3.05, 3.63) is 58.1 Å². The minimum atomic E-state index is -0.613. The fourth-order valence-corrected chi connectivity index (χ4v) is 1.14. The van der Waals surface area contributed by atoms with E-state index >= 15 is 0 Å². The molecule has 0 aliphatic heterocycles. The van der Waals surface area contributed by atoms with Gasteiger partial charge in [0.05, 0.1) is 5.56 Å². The van der Waals surface area contributed by atoms with E-state index in [1.165, 1.54) is 6.07 Å². The van der Waals surface area contributed by atoms with Crippen LogP contribution in [0.15, 0.2) is 41.5 Å². The zero-order chi connectivity index (χ0) is 12.7. The van der Waals surface area contributed by atoms with Crippen LogP contribution in [0.1, 0.15) is 11.1 Å². The van der Waals surface area contributed by atoms with Crippen molar-refractivity contribution in [3.63, 3.8) is 0 Å². The van der Waals surface area contributed by atoms with Crippen LogP contribution in [0.4, 0.5) is 0 Å². The van der Waals surface area contributed by atoms with Gasteiger partial charge in [0.15, 0.2) is 12.4 Å². The minimum Gasteiger partial charge on any atom is -0.859 e. The number of pyridine rings is 2. The van der Waals surface area contributed by atoms with Crippen LogP contribution in [0.3, 0.4) is 0 Å². The summed E-state index contributed by atoms with van der Waals surface area (Å²) in [7, 11) is 0. The normalized spacial score (nSPS) is 8.71. The molecular weight excluding hydrogens is 218 g/mol. The third-order valence-electron chi connectivity index (χ3n) is 1.92. The Bertz CT molecular complexity index is 518. The Hall–Kier alpha value is -2.61. The molecule has 5 heteroatoms. The van der Waals surface area contributed by atoms with Gasteiger partial charge < -0.3 is 10.1 Å². The molecule has 2 aromatic heterocycles. The molecule has 0 radical (unpaired) electrons. The summed E-state index contributed by atoms with van der Waals surface area (Å²) in [5.74, 6) is -0.613.